The molecule has 0 aliphatic heterocycles. The van der Waals surface area contributed by atoms with Crippen LogP contribution in [0.2, 0.25) is 0 Å². The molecule has 1 atom stereocenters. The fourth-order valence-corrected chi connectivity index (χ4v) is 3.89. The van der Waals surface area contributed by atoms with Crippen molar-refractivity contribution in [2.24, 2.45) is 13.0 Å². The number of carbonyl (C=O) groups is 2. The second-order valence-electron chi connectivity index (χ2n) is 7.40. The van der Waals surface area contributed by atoms with Gasteiger partial charge < -0.3 is 14.6 Å². The highest BCUT2D eigenvalue weighted by molar-refractivity contribution is 7.99. The molecule has 3 aromatic rings. The molecule has 0 fully saturated rings. The molecule has 2 aromatic carbocycles. The van der Waals surface area contributed by atoms with E-state index in [2.05, 4.69) is 15.5 Å². The molecule has 0 bridgehead atoms. The minimum absolute atomic E-state index is 0.0220. The molecule has 0 radical (unpaired) electrons. The van der Waals surface area contributed by atoms with E-state index >= 15 is 0 Å². The van der Waals surface area contributed by atoms with Crippen molar-refractivity contribution < 1.29 is 14.3 Å². The fraction of sp³-hybridized carbons (Fsp3) is 0.304. The molecule has 7 nitrogen and oxygen atoms in total. The standard InChI is InChI=1S/C23H26N4O3S/c1-15(2)20(24-22(29)16-9-6-5-7-10-16)21-25-26-23(27(21)3)31-14-19(28)17-11-8-12-18(13-17)30-4/h5-13,15,20H,14H2,1-4H3,(H,24,29)/t20-/m1/s1. The summed E-state index contributed by atoms with van der Waals surface area (Å²) in [5.74, 6) is 1.44. The number of nitrogens with one attached hydrogen (secondary N) is 1. The normalized spacial score (nSPS) is 11.9. The summed E-state index contributed by atoms with van der Waals surface area (Å²) in [5, 5.41) is 12.2. The third-order valence-electron chi connectivity index (χ3n) is 4.86. The molecule has 0 saturated heterocycles. The van der Waals surface area contributed by atoms with E-state index in [0.717, 1.165) is 0 Å². The number of Topliss-reactive ketones (excluding diaryl/α,β-unsaturated/α-hetero) is 1. The minimum atomic E-state index is -0.311. The van der Waals surface area contributed by atoms with Gasteiger partial charge in [-0.1, -0.05) is 55.9 Å². The number of hydrogen-bond acceptors (Lipinski definition) is 6. The van der Waals surface area contributed by atoms with E-state index in [1.165, 1.54) is 11.8 Å². The van der Waals surface area contributed by atoms with Crippen LogP contribution in [0.25, 0.3) is 0 Å². The first-order chi connectivity index (χ1) is 14.9. The molecular weight excluding hydrogens is 412 g/mol. The van der Waals surface area contributed by atoms with Crippen molar-refractivity contribution in [1.29, 1.82) is 0 Å². The van der Waals surface area contributed by atoms with Gasteiger partial charge in [-0.3, -0.25) is 9.59 Å². The number of methoxy groups -OCH3 is 1. The Kier molecular flexibility index (Phi) is 7.46. The molecule has 1 heterocycles. The summed E-state index contributed by atoms with van der Waals surface area (Å²) < 4.78 is 7.02. The van der Waals surface area contributed by atoms with Crippen LogP contribution in [0, 0.1) is 5.92 Å². The molecule has 1 N–H and O–H groups in total. The monoisotopic (exact) mass is 438 g/mol. The summed E-state index contributed by atoms with van der Waals surface area (Å²) in [7, 11) is 3.42. The number of benzene rings is 2. The zero-order valence-corrected chi connectivity index (χ0v) is 18.8. The minimum Gasteiger partial charge on any atom is -0.497 e. The number of ether oxygens (including phenoxy) is 1. The summed E-state index contributed by atoms with van der Waals surface area (Å²) in [6.07, 6.45) is 0. The zero-order chi connectivity index (χ0) is 22.4. The Morgan fingerprint density at radius 1 is 1.06 bits per heavy atom. The Bertz CT molecular complexity index is 1050. The van der Waals surface area contributed by atoms with Crippen molar-refractivity contribution in [1.82, 2.24) is 20.1 Å². The zero-order valence-electron chi connectivity index (χ0n) is 18.0. The summed E-state index contributed by atoms with van der Waals surface area (Å²) in [6.45, 7) is 4.04. The van der Waals surface area contributed by atoms with Crippen LogP contribution in [0.5, 0.6) is 5.75 Å². The van der Waals surface area contributed by atoms with Gasteiger partial charge in [-0.15, -0.1) is 10.2 Å². The van der Waals surface area contributed by atoms with Crippen molar-refractivity contribution in [3.8, 4) is 5.75 Å². The lowest BCUT2D eigenvalue weighted by atomic mass is 10.0. The molecule has 3 rings (SSSR count). The maximum atomic E-state index is 12.6. The van der Waals surface area contributed by atoms with Gasteiger partial charge in [0.2, 0.25) is 0 Å². The average Bonchev–Trinajstić information content (AvgIpc) is 3.15. The second-order valence-corrected chi connectivity index (χ2v) is 8.35. The molecule has 0 aliphatic carbocycles. The van der Waals surface area contributed by atoms with Crippen molar-refractivity contribution in [2.75, 3.05) is 12.9 Å². The van der Waals surface area contributed by atoms with E-state index in [1.54, 1.807) is 43.5 Å². The summed E-state index contributed by atoms with van der Waals surface area (Å²) >= 11 is 1.31. The Balaban J connectivity index is 1.71. The molecule has 0 saturated carbocycles. The van der Waals surface area contributed by atoms with Crippen LogP contribution in [0.1, 0.15) is 46.4 Å². The van der Waals surface area contributed by atoms with Crippen molar-refractivity contribution >= 4 is 23.5 Å². The van der Waals surface area contributed by atoms with Crippen LogP contribution in [-0.2, 0) is 7.05 Å². The summed E-state index contributed by atoms with van der Waals surface area (Å²) in [4.78, 5) is 25.2. The van der Waals surface area contributed by atoms with Crippen molar-refractivity contribution in [3.05, 3.63) is 71.5 Å². The Morgan fingerprint density at radius 3 is 2.45 bits per heavy atom. The van der Waals surface area contributed by atoms with E-state index in [0.29, 0.717) is 27.9 Å². The van der Waals surface area contributed by atoms with Crippen LogP contribution in [0.15, 0.2) is 59.8 Å². The van der Waals surface area contributed by atoms with Gasteiger partial charge in [0.1, 0.15) is 5.75 Å². The number of carbonyl (C=O) groups excluding carboxylic acids is 2. The maximum absolute atomic E-state index is 12.6. The number of rotatable bonds is 9. The van der Waals surface area contributed by atoms with Crippen LogP contribution in [0.4, 0.5) is 0 Å². The van der Waals surface area contributed by atoms with Gasteiger partial charge in [0, 0.05) is 18.2 Å². The van der Waals surface area contributed by atoms with Gasteiger partial charge >= 0.3 is 0 Å². The number of thioether (sulfide) groups is 1. The van der Waals surface area contributed by atoms with Gasteiger partial charge in [0.25, 0.3) is 5.91 Å². The van der Waals surface area contributed by atoms with Crippen LogP contribution < -0.4 is 10.1 Å². The second kappa shape index (κ2) is 10.3. The van der Waals surface area contributed by atoms with Crippen molar-refractivity contribution in [2.45, 2.75) is 25.0 Å². The molecule has 1 aromatic heterocycles. The highest BCUT2D eigenvalue weighted by Gasteiger charge is 2.25. The number of hydrogen-bond donors (Lipinski definition) is 1. The Morgan fingerprint density at radius 2 is 1.77 bits per heavy atom. The maximum Gasteiger partial charge on any atom is 0.251 e. The van der Waals surface area contributed by atoms with Gasteiger partial charge in [-0.25, -0.2) is 0 Å². The summed E-state index contributed by atoms with van der Waals surface area (Å²) in [5.41, 5.74) is 1.18. The van der Waals surface area contributed by atoms with Crippen LogP contribution in [-0.4, -0.2) is 39.3 Å². The molecule has 31 heavy (non-hydrogen) atoms. The lowest BCUT2D eigenvalue weighted by Crippen LogP contribution is -2.33. The molecule has 0 spiro atoms. The van der Waals surface area contributed by atoms with Gasteiger partial charge in [0.05, 0.1) is 18.9 Å². The number of amides is 1. The highest BCUT2D eigenvalue weighted by atomic mass is 32.2. The number of ketones is 1. The molecule has 162 valence electrons. The summed E-state index contributed by atoms with van der Waals surface area (Å²) in [6, 6.07) is 15.8. The Labute approximate surface area is 186 Å². The quantitative estimate of drug-likeness (QED) is 0.402. The van der Waals surface area contributed by atoms with E-state index in [1.807, 2.05) is 43.7 Å². The number of nitrogens with zero attached hydrogens (tertiary/aromatic N) is 3. The van der Waals surface area contributed by atoms with Crippen LogP contribution >= 0.6 is 11.8 Å². The first-order valence-electron chi connectivity index (χ1n) is 9.96. The topological polar surface area (TPSA) is 86.1 Å². The van der Waals surface area contributed by atoms with E-state index in [9.17, 15) is 9.59 Å². The fourth-order valence-electron chi connectivity index (χ4n) is 3.08. The molecular formula is C23H26N4O3S. The first-order valence-corrected chi connectivity index (χ1v) is 10.9. The lowest BCUT2D eigenvalue weighted by molar-refractivity contribution is 0.0921. The Hall–Kier alpha value is -3.13. The first kappa shape index (κ1) is 22.6. The van der Waals surface area contributed by atoms with Gasteiger partial charge in [-0.2, -0.15) is 0 Å². The smallest absolute Gasteiger partial charge is 0.251 e. The SMILES string of the molecule is COc1cccc(C(=O)CSc2nnc([C@H](NC(=O)c3ccccc3)C(C)C)n2C)c1. The predicted octanol–water partition coefficient (Wildman–Crippen LogP) is 3.93. The predicted molar refractivity (Wildman–Crippen MR) is 121 cm³/mol. The van der Waals surface area contributed by atoms with E-state index in [-0.39, 0.29) is 29.4 Å². The van der Waals surface area contributed by atoms with Crippen LogP contribution in [0.3, 0.4) is 0 Å². The highest BCUT2D eigenvalue weighted by Crippen LogP contribution is 2.25. The molecule has 0 aliphatic rings. The lowest BCUT2D eigenvalue weighted by Gasteiger charge is -2.21. The molecule has 1 amide bonds. The molecule has 0 unspecified atom stereocenters. The van der Waals surface area contributed by atoms with E-state index < -0.39 is 0 Å². The third-order valence-corrected chi connectivity index (χ3v) is 5.88. The van der Waals surface area contributed by atoms with Gasteiger partial charge in [0.15, 0.2) is 16.8 Å². The third kappa shape index (κ3) is 5.52. The van der Waals surface area contributed by atoms with E-state index in [4.69, 9.17) is 4.74 Å². The van der Waals surface area contributed by atoms with Crippen molar-refractivity contribution in [3.63, 3.8) is 0 Å². The average molecular weight is 439 g/mol. The van der Waals surface area contributed by atoms with Gasteiger partial charge in [-0.05, 0) is 30.2 Å². The molecule has 8 heteroatoms. The number of aromatic nitrogens is 3. The largest absolute Gasteiger partial charge is 0.497 e.